The number of nitrogens with one attached hydrogen (secondary N) is 2. The zero-order valence-electron chi connectivity index (χ0n) is 15.6. The highest BCUT2D eigenvalue weighted by Gasteiger charge is 2.13. The summed E-state index contributed by atoms with van der Waals surface area (Å²) in [7, 11) is 0. The van der Waals surface area contributed by atoms with Gasteiger partial charge in [0.15, 0.2) is 0 Å². The highest BCUT2D eigenvalue weighted by atomic mass is 19.1. The van der Waals surface area contributed by atoms with E-state index in [2.05, 4.69) is 15.8 Å². The van der Waals surface area contributed by atoms with Gasteiger partial charge < -0.3 is 10.1 Å². The van der Waals surface area contributed by atoms with Crippen molar-refractivity contribution in [1.29, 1.82) is 0 Å². The number of hydrogen-bond acceptors (Lipinski definition) is 4. The van der Waals surface area contributed by atoms with Gasteiger partial charge in [0, 0.05) is 16.8 Å². The highest BCUT2D eigenvalue weighted by Crippen LogP contribution is 2.18. The number of benzene rings is 3. The van der Waals surface area contributed by atoms with E-state index in [0.717, 1.165) is 12.1 Å². The van der Waals surface area contributed by atoms with E-state index in [-0.39, 0.29) is 18.1 Å². The van der Waals surface area contributed by atoms with Crippen LogP contribution in [0.25, 0.3) is 0 Å². The Balaban J connectivity index is 1.58. The normalized spacial score (nSPS) is 10.6. The summed E-state index contributed by atoms with van der Waals surface area (Å²) in [4.78, 5) is 23.7. The summed E-state index contributed by atoms with van der Waals surface area (Å²) in [6.45, 7) is 0.0178. The Morgan fingerprint density at radius 1 is 0.900 bits per heavy atom. The molecular weight excluding hydrogens is 392 g/mol. The third-order valence-corrected chi connectivity index (χ3v) is 3.94. The van der Waals surface area contributed by atoms with Crippen molar-refractivity contribution < 1.29 is 23.1 Å². The number of carbonyl (C=O) groups is 2. The molecule has 8 heteroatoms. The fourth-order valence-corrected chi connectivity index (χ4v) is 2.42. The molecule has 0 atom stereocenters. The molecule has 0 radical (unpaired) electrons. The summed E-state index contributed by atoms with van der Waals surface area (Å²) in [5.74, 6) is -2.36. The van der Waals surface area contributed by atoms with Crippen molar-refractivity contribution in [3.05, 3.63) is 95.6 Å². The van der Waals surface area contributed by atoms with E-state index in [0.29, 0.717) is 16.9 Å². The minimum Gasteiger partial charge on any atom is -0.488 e. The van der Waals surface area contributed by atoms with Gasteiger partial charge in [0.05, 0.1) is 6.21 Å². The molecule has 3 aromatic carbocycles. The fourth-order valence-electron chi connectivity index (χ4n) is 2.42. The van der Waals surface area contributed by atoms with Crippen molar-refractivity contribution >= 4 is 23.7 Å². The van der Waals surface area contributed by atoms with Gasteiger partial charge in [0.2, 0.25) is 0 Å². The molecule has 0 fully saturated rings. The molecule has 0 saturated carbocycles. The average molecular weight is 409 g/mol. The number of amides is 2. The Hall–Kier alpha value is -4.07. The lowest BCUT2D eigenvalue weighted by atomic mass is 10.2. The van der Waals surface area contributed by atoms with Gasteiger partial charge in [-0.05, 0) is 42.5 Å². The Labute approximate surface area is 171 Å². The Kier molecular flexibility index (Phi) is 6.83. The third kappa shape index (κ3) is 5.71. The predicted molar refractivity (Wildman–Crippen MR) is 108 cm³/mol. The van der Waals surface area contributed by atoms with E-state index >= 15 is 0 Å². The number of ether oxygens (including phenoxy) is 1. The van der Waals surface area contributed by atoms with Gasteiger partial charge in [0.25, 0.3) is 0 Å². The second-order valence-corrected chi connectivity index (χ2v) is 6.08. The summed E-state index contributed by atoms with van der Waals surface area (Å²) < 4.78 is 32.2. The smallest absolute Gasteiger partial charge is 0.329 e. The third-order valence-electron chi connectivity index (χ3n) is 3.94. The Morgan fingerprint density at radius 3 is 2.37 bits per heavy atom. The van der Waals surface area contributed by atoms with Crippen LogP contribution in [-0.4, -0.2) is 18.0 Å². The lowest BCUT2D eigenvalue weighted by molar-refractivity contribution is -0.136. The first-order valence-corrected chi connectivity index (χ1v) is 8.88. The number of hydrazone groups is 1. The van der Waals surface area contributed by atoms with Gasteiger partial charge in [-0.15, -0.1) is 0 Å². The zero-order valence-corrected chi connectivity index (χ0v) is 15.6. The molecule has 0 bridgehead atoms. The summed E-state index contributed by atoms with van der Waals surface area (Å²) in [6, 6.07) is 18.1. The number of hydrogen-bond donors (Lipinski definition) is 2. The number of halogens is 2. The molecule has 0 aromatic heterocycles. The van der Waals surface area contributed by atoms with Crippen LogP contribution in [0.2, 0.25) is 0 Å². The van der Waals surface area contributed by atoms with E-state index in [9.17, 15) is 18.4 Å². The predicted octanol–water partition coefficient (Wildman–Crippen LogP) is 3.63. The monoisotopic (exact) mass is 409 g/mol. The number of nitrogens with zero attached hydrogens (tertiary/aromatic N) is 1. The molecule has 30 heavy (non-hydrogen) atoms. The maximum absolute atomic E-state index is 13.7. The first kappa shape index (κ1) is 20.7. The second-order valence-electron chi connectivity index (χ2n) is 6.08. The van der Waals surface area contributed by atoms with Gasteiger partial charge in [0.1, 0.15) is 24.0 Å². The lowest BCUT2D eigenvalue weighted by Crippen LogP contribution is -2.32. The van der Waals surface area contributed by atoms with Crippen LogP contribution in [0, 0.1) is 11.6 Å². The summed E-state index contributed by atoms with van der Waals surface area (Å²) in [5.41, 5.74) is 3.29. The first-order chi connectivity index (χ1) is 14.5. The van der Waals surface area contributed by atoms with Crippen LogP contribution in [0.4, 0.5) is 14.5 Å². The molecule has 3 rings (SSSR count). The number of carbonyl (C=O) groups excluding carboxylic acids is 2. The molecule has 152 valence electrons. The molecule has 0 saturated heterocycles. The van der Waals surface area contributed by atoms with Gasteiger partial charge in [-0.1, -0.05) is 30.3 Å². The number of para-hydroxylation sites is 1. The maximum atomic E-state index is 13.7. The van der Waals surface area contributed by atoms with Crippen molar-refractivity contribution in [3.63, 3.8) is 0 Å². The van der Waals surface area contributed by atoms with Crippen molar-refractivity contribution in [2.75, 3.05) is 5.32 Å². The van der Waals surface area contributed by atoms with E-state index < -0.39 is 17.6 Å². The molecule has 3 aromatic rings. The van der Waals surface area contributed by atoms with Crippen LogP contribution in [-0.2, 0) is 16.2 Å². The summed E-state index contributed by atoms with van der Waals surface area (Å²) in [6.07, 6.45) is 1.31. The van der Waals surface area contributed by atoms with Crippen LogP contribution in [0.1, 0.15) is 11.1 Å². The van der Waals surface area contributed by atoms with E-state index in [1.54, 1.807) is 42.5 Å². The SMILES string of the molecule is O=C(N/N=C\c1ccccc1OCc1ccccc1F)C(=O)Nc1ccc(F)cc1. The molecular formula is C22H17F2N3O3. The molecule has 0 heterocycles. The molecule has 0 aliphatic carbocycles. The quantitative estimate of drug-likeness (QED) is 0.371. The number of rotatable bonds is 6. The molecule has 0 aliphatic heterocycles. The van der Waals surface area contributed by atoms with E-state index in [4.69, 9.17) is 4.74 Å². The summed E-state index contributed by atoms with van der Waals surface area (Å²) >= 11 is 0. The molecule has 0 unspecified atom stereocenters. The van der Waals surface area contributed by atoms with Gasteiger partial charge in [-0.25, -0.2) is 14.2 Å². The molecule has 6 nitrogen and oxygen atoms in total. The zero-order chi connectivity index (χ0) is 21.3. The van der Waals surface area contributed by atoms with Crippen molar-refractivity contribution in [2.45, 2.75) is 6.61 Å². The molecule has 2 N–H and O–H groups in total. The molecule has 0 spiro atoms. The minimum atomic E-state index is -1.000. The van der Waals surface area contributed by atoms with Gasteiger partial charge in [-0.3, -0.25) is 9.59 Å². The minimum absolute atomic E-state index is 0.0178. The number of anilines is 1. The van der Waals surface area contributed by atoms with Gasteiger partial charge in [-0.2, -0.15) is 5.10 Å². The van der Waals surface area contributed by atoms with Crippen molar-refractivity contribution in [1.82, 2.24) is 5.43 Å². The van der Waals surface area contributed by atoms with Crippen LogP contribution in [0.5, 0.6) is 5.75 Å². The van der Waals surface area contributed by atoms with Gasteiger partial charge >= 0.3 is 11.8 Å². The molecule has 0 aliphatic rings. The maximum Gasteiger partial charge on any atom is 0.329 e. The van der Waals surface area contributed by atoms with Crippen molar-refractivity contribution in [3.8, 4) is 5.75 Å². The molecule has 2 amide bonds. The lowest BCUT2D eigenvalue weighted by Gasteiger charge is -2.09. The summed E-state index contributed by atoms with van der Waals surface area (Å²) in [5, 5.41) is 6.07. The standard InChI is InChI=1S/C22H17F2N3O3/c23-17-9-11-18(12-10-17)26-21(28)22(29)27-25-13-15-5-2-4-8-20(15)30-14-16-6-1-3-7-19(16)24/h1-13H,14H2,(H,26,28)(H,27,29)/b25-13-. The average Bonchev–Trinajstić information content (AvgIpc) is 2.75. The van der Waals surface area contributed by atoms with Crippen LogP contribution in [0.15, 0.2) is 77.9 Å². The second kappa shape index (κ2) is 9.92. The van der Waals surface area contributed by atoms with Crippen LogP contribution in [0.3, 0.4) is 0 Å². The largest absolute Gasteiger partial charge is 0.488 e. The van der Waals surface area contributed by atoms with Crippen LogP contribution >= 0.6 is 0 Å². The Bertz CT molecular complexity index is 1070. The van der Waals surface area contributed by atoms with E-state index in [1.165, 1.54) is 24.4 Å². The Morgan fingerprint density at radius 2 is 1.60 bits per heavy atom. The fraction of sp³-hybridized carbons (Fsp3) is 0.0455. The van der Waals surface area contributed by atoms with Crippen molar-refractivity contribution in [2.24, 2.45) is 5.10 Å². The topological polar surface area (TPSA) is 79.8 Å². The van der Waals surface area contributed by atoms with Crippen LogP contribution < -0.4 is 15.5 Å². The first-order valence-electron chi connectivity index (χ1n) is 8.88. The highest BCUT2D eigenvalue weighted by molar-refractivity contribution is 6.39. The van der Waals surface area contributed by atoms with E-state index in [1.807, 2.05) is 0 Å².